The van der Waals surface area contributed by atoms with Gasteiger partial charge in [-0.2, -0.15) is 0 Å². The molecule has 84 valence electrons. The van der Waals surface area contributed by atoms with Crippen molar-refractivity contribution < 1.29 is 22.8 Å². The average Bonchev–Trinajstić information content (AvgIpc) is 2.51. The zero-order chi connectivity index (χ0) is 11.9. The highest BCUT2D eigenvalue weighted by molar-refractivity contribution is 6.12. The van der Waals surface area contributed by atoms with Gasteiger partial charge >= 0.3 is 6.03 Å². The minimum atomic E-state index is -1.41. The van der Waals surface area contributed by atoms with Gasteiger partial charge in [-0.3, -0.25) is 15.0 Å². The zero-order valence-corrected chi connectivity index (χ0v) is 7.76. The molecule has 0 atom stereocenters. The maximum atomic E-state index is 13.3. The summed E-state index contributed by atoms with van der Waals surface area (Å²) in [5, 5.41) is 1.87. The fourth-order valence-electron chi connectivity index (χ4n) is 1.38. The molecule has 1 aliphatic heterocycles. The fraction of sp³-hybridized carbons (Fsp3) is 0.111. The van der Waals surface area contributed by atoms with Crippen LogP contribution in [0.15, 0.2) is 12.1 Å². The second-order valence-electron chi connectivity index (χ2n) is 3.16. The Bertz CT molecular complexity index is 490. The normalized spacial score (nSPS) is 15.6. The van der Waals surface area contributed by atoms with Crippen molar-refractivity contribution in [2.45, 2.75) is 0 Å². The number of nitrogens with one attached hydrogen (secondary N) is 1. The summed E-state index contributed by atoms with van der Waals surface area (Å²) < 4.78 is 39.0. The molecule has 2 rings (SSSR count). The van der Waals surface area contributed by atoms with Crippen LogP contribution >= 0.6 is 0 Å². The monoisotopic (exact) mass is 230 g/mol. The molecule has 0 spiro atoms. The van der Waals surface area contributed by atoms with Gasteiger partial charge in [0.2, 0.25) is 5.91 Å². The van der Waals surface area contributed by atoms with Crippen LogP contribution in [-0.2, 0) is 4.79 Å². The van der Waals surface area contributed by atoms with Gasteiger partial charge in [0.1, 0.15) is 12.4 Å². The van der Waals surface area contributed by atoms with Crippen LogP contribution in [0.5, 0.6) is 0 Å². The Balaban J connectivity index is 2.48. The highest BCUT2D eigenvalue weighted by atomic mass is 19.2. The van der Waals surface area contributed by atoms with Gasteiger partial charge in [-0.25, -0.2) is 18.0 Å². The number of anilines is 1. The predicted octanol–water partition coefficient (Wildman–Crippen LogP) is 1.16. The maximum Gasteiger partial charge on any atom is 0.329 e. The second kappa shape index (κ2) is 3.51. The Morgan fingerprint density at radius 2 is 1.88 bits per heavy atom. The topological polar surface area (TPSA) is 49.4 Å². The fourth-order valence-corrected chi connectivity index (χ4v) is 1.38. The molecule has 1 N–H and O–H groups in total. The van der Waals surface area contributed by atoms with E-state index in [1.54, 1.807) is 0 Å². The van der Waals surface area contributed by atoms with Crippen molar-refractivity contribution in [3.63, 3.8) is 0 Å². The number of halogens is 3. The van der Waals surface area contributed by atoms with Crippen LogP contribution < -0.4 is 10.2 Å². The van der Waals surface area contributed by atoms with Gasteiger partial charge in [0.15, 0.2) is 11.6 Å². The summed E-state index contributed by atoms with van der Waals surface area (Å²) in [6, 6.07) is 0.0968. The third-order valence-corrected chi connectivity index (χ3v) is 2.06. The van der Waals surface area contributed by atoms with E-state index in [2.05, 4.69) is 0 Å². The van der Waals surface area contributed by atoms with Gasteiger partial charge in [-0.05, 0) is 0 Å². The summed E-state index contributed by atoms with van der Waals surface area (Å²) in [5.74, 6) is -4.47. The number of hydrogen-bond acceptors (Lipinski definition) is 2. The molecular formula is C9H5F3N2O2. The van der Waals surface area contributed by atoms with E-state index in [9.17, 15) is 22.8 Å². The summed E-state index contributed by atoms with van der Waals surface area (Å²) in [5.41, 5.74) is -0.596. The molecule has 0 unspecified atom stereocenters. The number of amides is 3. The third kappa shape index (κ3) is 1.60. The van der Waals surface area contributed by atoms with Crippen molar-refractivity contribution in [1.29, 1.82) is 0 Å². The Morgan fingerprint density at radius 1 is 1.19 bits per heavy atom. The van der Waals surface area contributed by atoms with Crippen molar-refractivity contribution in [2.24, 2.45) is 0 Å². The molecule has 0 aromatic heterocycles. The largest absolute Gasteiger partial charge is 0.329 e. The van der Waals surface area contributed by atoms with Gasteiger partial charge in [-0.1, -0.05) is 0 Å². The lowest BCUT2D eigenvalue weighted by Crippen LogP contribution is -2.29. The first kappa shape index (κ1) is 10.5. The molecule has 1 aromatic carbocycles. The van der Waals surface area contributed by atoms with E-state index in [1.807, 2.05) is 5.32 Å². The van der Waals surface area contributed by atoms with Gasteiger partial charge in [-0.15, -0.1) is 0 Å². The number of imide groups is 1. The summed E-state index contributed by atoms with van der Waals surface area (Å²) in [6.45, 7) is -0.460. The Kier molecular flexibility index (Phi) is 2.30. The summed E-state index contributed by atoms with van der Waals surface area (Å²) >= 11 is 0. The summed E-state index contributed by atoms with van der Waals surface area (Å²) in [6.07, 6.45) is 0. The molecule has 16 heavy (non-hydrogen) atoms. The molecule has 4 nitrogen and oxygen atoms in total. The lowest BCUT2D eigenvalue weighted by Gasteiger charge is -2.14. The standard InChI is InChI=1S/C9H5F3N2O2/c10-4-1-5(11)8(12)6(2-4)14-3-7(15)13-9(14)16/h1-2H,3H2,(H,13,15,16). The minimum Gasteiger partial charge on any atom is -0.282 e. The van der Waals surface area contributed by atoms with Gasteiger partial charge in [0.05, 0.1) is 5.69 Å². The highest BCUT2D eigenvalue weighted by Crippen LogP contribution is 2.24. The number of carbonyl (C=O) groups is 2. The first-order valence-corrected chi connectivity index (χ1v) is 4.25. The number of benzene rings is 1. The van der Waals surface area contributed by atoms with Crippen LogP contribution in [0.25, 0.3) is 0 Å². The molecule has 1 aromatic rings. The van der Waals surface area contributed by atoms with E-state index >= 15 is 0 Å². The molecule has 0 aliphatic carbocycles. The number of nitrogens with zero attached hydrogens (tertiary/aromatic N) is 1. The van der Waals surface area contributed by atoms with Crippen molar-refractivity contribution in [2.75, 3.05) is 11.4 Å². The molecule has 1 heterocycles. The number of carbonyl (C=O) groups excluding carboxylic acids is 2. The van der Waals surface area contributed by atoms with Crippen molar-refractivity contribution in [1.82, 2.24) is 5.32 Å². The van der Waals surface area contributed by atoms with E-state index < -0.39 is 41.6 Å². The summed E-state index contributed by atoms with van der Waals surface area (Å²) in [4.78, 5) is 22.6. The van der Waals surface area contributed by atoms with Gasteiger partial charge in [0, 0.05) is 12.1 Å². The molecule has 1 fully saturated rings. The molecule has 0 radical (unpaired) electrons. The molecular weight excluding hydrogens is 225 g/mol. The van der Waals surface area contributed by atoms with E-state index in [0.29, 0.717) is 17.0 Å². The van der Waals surface area contributed by atoms with E-state index in [4.69, 9.17) is 0 Å². The van der Waals surface area contributed by atoms with Crippen molar-refractivity contribution in [3.8, 4) is 0 Å². The van der Waals surface area contributed by atoms with E-state index in [1.165, 1.54) is 0 Å². The first-order valence-electron chi connectivity index (χ1n) is 4.25. The molecule has 0 bridgehead atoms. The molecule has 3 amide bonds. The Hall–Kier alpha value is -2.05. The minimum absolute atomic E-state index is 0.356. The smallest absolute Gasteiger partial charge is 0.282 e. The van der Waals surface area contributed by atoms with Crippen LogP contribution in [0.1, 0.15) is 0 Å². The molecule has 1 aliphatic rings. The lowest BCUT2D eigenvalue weighted by molar-refractivity contribution is -0.117. The quantitative estimate of drug-likeness (QED) is 0.581. The maximum absolute atomic E-state index is 13.3. The Morgan fingerprint density at radius 3 is 2.44 bits per heavy atom. The second-order valence-corrected chi connectivity index (χ2v) is 3.16. The van der Waals surface area contributed by atoms with Crippen LogP contribution in [0.4, 0.5) is 23.7 Å². The predicted molar refractivity (Wildman–Crippen MR) is 47.2 cm³/mol. The third-order valence-electron chi connectivity index (χ3n) is 2.06. The number of rotatable bonds is 1. The van der Waals surface area contributed by atoms with Crippen molar-refractivity contribution >= 4 is 17.6 Å². The molecule has 1 saturated heterocycles. The van der Waals surface area contributed by atoms with Crippen LogP contribution in [-0.4, -0.2) is 18.5 Å². The first-order chi connectivity index (χ1) is 7.49. The summed E-state index contributed by atoms with van der Waals surface area (Å²) in [7, 11) is 0. The van der Waals surface area contributed by atoms with Crippen LogP contribution in [0.2, 0.25) is 0 Å². The zero-order valence-electron chi connectivity index (χ0n) is 7.76. The van der Waals surface area contributed by atoms with E-state index in [-0.39, 0.29) is 0 Å². The van der Waals surface area contributed by atoms with Gasteiger partial charge < -0.3 is 0 Å². The van der Waals surface area contributed by atoms with Gasteiger partial charge in [0.25, 0.3) is 0 Å². The highest BCUT2D eigenvalue weighted by Gasteiger charge is 2.31. The number of hydrogen-bond donors (Lipinski definition) is 1. The van der Waals surface area contributed by atoms with Crippen LogP contribution in [0.3, 0.4) is 0 Å². The molecule has 0 saturated carbocycles. The van der Waals surface area contributed by atoms with Crippen LogP contribution in [0, 0.1) is 17.5 Å². The van der Waals surface area contributed by atoms with Crippen molar-refractivity contribution in [3.05, 3.63) is 29.6 Å². The average molecular weight is 230 g/mol. The molecule has 7 heteroatoms. The van der Waals surface area contributed by atoms with E-state index in [0.717, 1.165) is 0 Å². The lowest BCUT2D eigenvalue weighted by atomic mass is 10.2. The Labute approximate surface area is 87.6 Å². The number of urea groups is 1. The SMILES string of the molecule is O=C1CN(c2cc(F)cc(F)c2F)C(=O)N1.